The van der Waals surface area contributed by atoms with E-state index in [4.69, 9.17) is 5.73 Å². The molecule has 132 valence electrons. The van der Waals surface area contributed by atoms with E-state index < -0.39 is 32.7 Å². The van der Waals surface area contributed by atoms with Gasteiger partial charge >= 0.3 is 0 Å². The predicted molar refractivity (Wildman–Crippen MR) is 89.3 cm³/mol. The number of carbonyl (C=O) groups excluding carboxylic acids is 1. The predicted octanol–water partition coefficient (Wildman–Crippen LogP) is 1.01. The Balaban J connectivity index is 0.00000484. The molecule has 0 heterocycles. The molecule has 0 saturated heterocycles. The standard InChI is InChI=1S/C14H22FN3O3S.ClH/c1-9(2)13(14(19)17-10(3)8-16)18-22(20,21)12-7-5-4-6-11(12)15;/h4-7,9-10,13,18H,8,16H2,1-3H3,(H,17,19);1H/t10-,13?;/m0./s1. The minimum atomic E-state index is -4.14. The number of sulfonamides is 1. The average Bonchev–Trinajstić information content (AvgIpc) is 2.44. The number of rotatable bonds is 7. The maximum absolute atomic E-state index is 13.7. The van der Waals surface area contributed by atoms with Crippen LogP contribution in [-0.4, -0.2) is 33.0 Å². The van der Waals surface area contributed by atoms with E-state index in [9.17, 15) is 17.6 Å². The number of halogens is 2. The molecule has 1 aromatic rings. The van der Waals surface area contributed by atoms with Crippen LogP contribution in [0.3, 0.4) is 0 Å². The van der Waals surface area contributed by atoms with Gasteiger partial charge in [0.1, 0.15) is 16.8 Å². The number of nitrogens with one attached hydrogen (secondary N) is 2. The van der Waals surface area contributed by atoms with E-state index in [1.807, 2.05) is 0 Å². The van der Waals surface area contributed by atoms with E-state index in [-0.39, 0.29) is 30.9 Å². The van der Waals surface area contributed by atoms with Crippen LogP contribution >= 0.6 is 12.4 Å². The number of nitrogens with two attached hydrogens (primary N) is 1. The molecule has 0 aliphatic heterocycles. The molecule has 0 spiro atoms. The molecule has 9 heteroatoms. The lowest BCUT2D eigenvalue weighted by Crippen LogP contribution is -2.52. The number of hydrogen-bond donors (Lipinski definition) is 3. The summed E-state index contributed by atoms with van der Waals surface area (Å²) in [5, 5.41) is 2.62. The van der Waals surface area contributed by atoms with Crippen molar-refractivity contribution in [3.63, 3.8) is 0 Å². The van der Waals surface area contributed by atoms with Crippen LogP contribution in [0.15, 0.2) is 29.2 Å². The van der Waals surface area contributed by atoms with E-state index in [1.165, 1.54) is 12.1 Å². The van der Waals surface area contributed by atoms with Crippen molar-refractivity contribution in [3.05, 3.63) is 30.1 Å². The molecule has 1 rings (SSSR count). The van der Waals surface area contributed by atoms with E-state index in [2.05, 4.69) is 10.0 Å². The highest BCUT2D eigenvalue weighted by atomic mass is 35.5. The highest BCUT2D eigenvalue weighted by Crippen LogP contribution is 2.15. The maximum atomic E-state index is 13.7. The summed E-state index contributed by atoms with van der Waals surface area (Å²) in [6.45, 7) is 5.33. The SMILES string of the molecule is CC(C)C(NS(=O)(=O)c1ccccc1F)C(=O)N[C@@H](C)CN.Cl. The molecule has 4 N–H and O–H groups in total. The molecule has 0 fully saturated rings. The number of amides is 1. The molecule has 0 radical (unpaired) electrons. The molecule has 0 aromatic heterocycles. The van der Waals surface area contributed by atoms with Crippen molar-refractivity contribution in [3.8, 4) is 0 Å². The molecular formula is C14H23ClFN3O3S. The van der Waals surface area contributed by atoms with Crippen molar-refractivity contribution >= 4 is 28.3 Å². The Hall–Kier alpha value is -1.22. The Labute approximate surface area is 142 Å². The van der Waals surface area contributed by atoms with Crippen LogP contribution in [-0.2, 0) is 14.8 Å². The zero-order valence-corrected chi connectivity index (χ0v) is 14.9. The van der Waals surface area contributed by atoms with Gasteiger partial charge in [0.25, 0.3) is 0 Å². The Morgan fingerprint density at radius 3 is 2.30 bits per heavy atom. The van der Waals surface area contributed by atoms with Gasteiger partial charge in [-0.25, -0.2) is 12.8 Å². The number of carbonyl (C=O) groups is 1. The van der Waals surface area contributed by atoms with E-state index in [0.29, 0.717) is 0 Å². The monoisotopic (exact) mass is 367 g/mol. The third-order valence-corrected chi connectivity index (χ3v) is 4.57. The Kier molecular flexibility index (Phi) is 8.68. The molecule has 0 saturated carbocycles. The minimum absolute atomic E-state index is 0. The summed E-state index contributed by atoms with van der Waals surface area (Å²) < 4.78 is 40.5. The largest absolute Gasteiger partial charge is 0.351 e. The summed E-state index contributed by atoms with van der Waals surface area (Å²) in [6, 6.07) is 3.71. The van der Waals surface area contributed by atoms with Crippen LogP contribution < -0.4 is 15.8 Å². The van der Waals surface area contributed by atoms with Gasteiger partial charge in [-0.05, 0) is 25.0 Å². The van der Waals surface area contributed by atoms with Crippen LogP contribution in [0.5, 0.6) is 0 Å². The molecule has 23 heavy (non-hydrogen) atoms. The maximum Gasteiger partial charge on any atom is 0.244 e. The molecule has 0 aliphatic rings. The topological polar surface area (TPSA) is 101 Å². The van der Waals surface area contributed by atoms with Crippen LogP contribution in [0.25, 0.3) is 0 Å². The first-order valence-corrected chi connectivity index (χ1v) is 8.44. The molecule has 2 atom stereocenters. The summed E-state index contributed by atoms with van der Waals surface area (Å²) in [6.07, 6.45) is 0. The van der Waals surface area contributed by atoms with Gasteiger partial charge in [-0.2, -0.15) is 4.72 Å². The van der Waals surface area contributed by atoms with Crippen molar-refractivity contribution in [1.82, 2.24) is 10.0 Å². The molecule has 1 unspecified atom stereocenters. The van der Waals surface area contributed by atoms with Gasteiger partial charge in [0, 0.05) is 12.6 Å². The third kappa shape index (κ3) is 6.06. The van der Waals surface area contributed by atoms with Gasteiger partial charge in [0.15, 0.2) is 0 Å². The van der Waals surface area contributed by atoms with E-state index in [1.54, 1.807) is 20.8 Å². The first kappa shape index (κ1) is 21.8. The lowest BCUT2D eigenvalue weighted by Gasteiger charge is -2.23. The van der Waals surface area contributed by atoms with Gasteiger partial charge in [-0.3, -0.25) is 4.79 Å². The zero-order valence-electron chi connectivity index (χ0n) is 13.2. The molecule has 0 aliphatic carbocycles. The smallest absolute Gasteiger partial charge is 0.244 e. The van der Waals surface area contributed by atoms with Crippen LogP contribution in [0, 0.1) is 11.7 Å². The highest BCUT2D eigenvalue weighted by Gasteiger charge is 2.30. The average molecular weight is 368 g/mol. The Morgan fingerprint density at radius 1 is 1.26 bits per heavy atom. The minimum Gasteiger partial charge on any atom is -0.351 e. The molecule has 1 aromatic carbocycles. The first-order chi connectivity index (χ1) is 10.2. The number of benzene rings is 1. The van der Waals surface area contributed by atoms with Crippen molar-refractivity contribution < 1.29 is 17.6 Å². The molecule has 6 nitrogen and oxygen atoms in total. The highest BCUT2D eigenvalue weighted by molar-refractivity contribution is 7.89. The fourth-order valence-electron chi connectivity index (χ4n) is 1.78. The Bertz CT molecular complexity index is 625. The van der Waals surface area contributed by atoms with Crippen LogP contribution in [0.1, 0.15) is 20.8 Å². The summed E-state index contributed by atoms with van der Waals surface area (Å²) in [5.41, 5.74) is 5.43. The van der Waals surface area contributed by atoms with Crippen molar-refractivity contribution in [2.75, 3.05) is 6.54 Å². The summed E-state index contributed by atoms with van der Waals surface area (Å²) in [7, 11) is -4.14. The van der Waals surface area contributed by atoms with Gasteiger partial charge in [-0.1, -0.05) is 26.0 Å². The van der Waals surface area contributed by atoms with Crippen LogP contribution in [0.2, 0.25) is 0 Å². The van der Waals surface area contributed by atoms with Crippen LogP contribution in [0.4, 0.5) is 4.39 Å². The normalized spacial score (nSPS) is 14.0. The summed E-state index contributed by atoms with van der Waals surface area (Å²) in [4.78, 5) is 11.7. The Morgan fingerprint density at radius 2 is 1.83 bits per heavy atom. The fraction of sp³-hybridized carbons (Fsp3) is 0.500. The second-order valence-corrected chi connectivity index (χ2v) is 7.10. The van der Waals surface area contributed by atoms with Crippen molar-refractivity contribution in [2.45, 2.75) is 37.8 Å². The second kappa shape index (κ2) is 9.17. The summed E-state index contributed by atoms with van der Waals surface area (Å²) in [5.74, 6) is -1.67. The first-order valence-electron chi connectivity index (χ1n) is 6.96. The van der Waals surface area contributed by atoms with Crippen molar-refractivity contribution in [1.29, 1.82) is 0 Å². The second-order valence-electron chi connectivity index (χ2n) is 5.42. The van der Waals surface area contributed by atoms with Gasteiger partial charge < -0.3 is 11.1 Å². The number of hydrogen-bond acceptors (Lipinski definition) is 4. The van der Waals surface area contributed by atoms with E-state index in [0.717, 1.165) is 12.1 Å². The van der Waals surface area contributed by atoms with Gasteiger partial charge in [-0.15, -0.1) is 12.4 Å². The zero-order chi connectivity index (χ0) is 16.9. The fourth-order valence-corrected chi connectivity index (χ4v) is 3.20. The molecular weight excluding hydrogens is 345 g/mol. The lowest BCUT2D eigenvalue weighted by molar-refractivity contribution is -0.124. The molecule has 0 bridgehead atoms. The van der Waals surface area contributed by atoms with Gasteiger partial charge in [0.2, 0.25) is 15.9 Å². The quantitative estimate of drug-likeness (QED) is 0.669. The molecule has 1 amide bonds. The van der Waals surface area contributed by atoms with Gasteiger partial charge in [0.05, 0.1) is 0 Å². The van der Waals surface area contributed by atoms with E-state index >= 15 is 0 Å². The lowest BCUT2D eigenvalue weighted by atomic mass is 10.0. The summed E-state index contributed by atoms with van der Waals surface area (Å²) >= 11 is 0. The third-order valence-electron chi connectivity index (χ3n) is 3.10. The van der Waals surface area contributed by atoms with Crippen molar-refractivity contribution in [2.24, 2.45) is 11.7 Å².